The lowest BCUT2D eigenvalue weighted by Crippen LogP contribution is -2.39. The summed E-state index contributed by atoms with van der Waals surface area (Å²) in [5, 5.41) is 3.93. The molecule has 3 aromatic rings. The van der Waals surface area contributed by atoms with E-state index in [9.17, 15) is 17.6 Å². The molecular weight excluding hydrogens is 553 g/mol. The average molecular weight is 576 g/mol. The Bertz CT molecular complexity index is 1350. The Morgan fingerprint density at radius 3 is 2.50 bits per heavy atom. The largest absolute Gasteiger partial charge is 0.493 e. The number of hydrogen-bond acceptors (Lipinski definition) is 6. The number of hydrogen-bond donors (Lipinski definition) is 1. The Morgan fingerprint density at radius 1 is 1.17 bits per heavy atom. The van der Waals surface area contributed by atoms with Gasteiger partial charge < -0.3 is 9.47 Å². The number of benzene rings is 3. The fourth-order valence-corrected chi connectivity index (χ4v) is 5.10. The molecule has 0 radical (unpaired) electrons. The van der Waals surface area contributed by atoms with E-state index in [0.29, 0.717) is 21.5 Å². The van der Waals surface area contributed by atoms with Crippen molar-refractivity contribution in [1.82, 2.24) is 5.43 Å². The van der Waals surface area contributed by atoms with E-state index in [1.807, 2.05) is 0 Å². The van der Waals surface area contributed by atoms with E-state index >= 15 is 0 Å². The molecule has 0 aliphatic carbocycles. The zero-order chi connectivity index (χ0) is 26.1. The first kappa shape index (κ1) is 26.9. The molecule has 1 N–H and O–H groups in total. The number of nitrogens with one attached hydrogen (secondary N) is 1. The number of carbonyl (C=O) groups is 1. The molecule has 11 heteroatoms. The van der Waals surface area contributed by atoms with Crippen LogP contribution >= 0.6 is 15.9 Å². The second-order valence-electron chi connectivity index (χ2n) is 7.23. The van der Waals surface area contributed by atoms with Crippen LogP contribution in [0.3, 0.4) is 0 Å². The van der Waals surface area contributed by atoms with Gasteiger partial charge in [0.05, 0.1) is 28.4 Å². The number of halogens is 2. The maximum Gasteiger partial charge on any atom is 0.264 e. The normalized spacial score (nSPS) is 11.2. The number of anilines is 1. The standard InChI is InChI=1S/C25H23BrFN3O5S/c1-3-13-35-25-22(26)14-18(15-23(25)34-2)16-28-29-24(31)17-30(20-11-9-19(27)10-12-20)36(32,33)21-7-5-4-6-8-21/h3-12,14-16H,1,13,17H2,2H3,(H,29,31)/b28-16-. The maximum absolute atomic E-state index is 13.4. The molecular formula is C25H23BrFN3O5S. The lowest BCUT2D eigenvalue weighted by atomic mass is 10.2. The number of methoxy groups -OCH3 is 1. The summed E-state index contributed by atoms with van der Waals surface area (Å²) >= 11 is 3.41. The van der Waals surface area contributed by atoms with E-state index in [2.05, 4.69) is 33.0 Å². The minimum Gasteiger partial charge on any atom is -0.493 e. The fraction of sp³-hybridized carbons (Fsp3) is 0.120. The van der Waals surface area contributed by atoms with Crippen LogP contribution in [0.25, 0.3) is 0 Å². The average Bonchev–Trinajstić information content (AvgIpc) is 2.87. The summed E-state index contributed by atoms with van der Waals surface area (Å²) in [6, 6.07) is 15.8. The van der Waals surface area contributed by atoms with Crippen molar-refractivity contribution in [2.24, 2.45) is 5.10 Å². The number of rotatable bonds is 11. The van der Waals surface area contributed by atoms with Crippen LogP contribution < -0.4 is 19.2 Å². The van der Waals surface area contributed by atoms with E-state index in [4.69, 9.17) is 9.47 Å². The van der Waals surface area contributed by atoms with Gasteiger partial charge in [0.1, 0.15) is 19.0 Å². The lowest BCUT2D eigenvalue weighted by Gasteiger charge is -2.23. The molecule has 0 aliphatic heterocycles. The predicted molar refractivity (Wildman–Crippen MR) is 139 cm³/mol. The summed E-state index contributed by atoms with van der Waals surface area (Å²) < 4.78 is 52.3. The second-order valence-corrected chi connectivity index (χ2v) is 9.94. The van der Waals surface area contributed by atoms with Gasteiger partial charge in [0.2, 0.25) is 0 Å². The first-order valence-electron chi connectivity index (χ1n) is 10.5. The molecule has 0 bridgehead atoms. The van der Waals surface area contributed by atoms with Gasteiger partial charge in [0.25, 0.3) is 15.9 Å². The molecule has 0 saturated carbocycles. The highest BCUT2D eigenvalue weighted by Gasteiger charge is 2.27. The summed E-state index contributed by atoms with van der Waals surface area (Å²) in [6.07, 6.45) is 2.97. The summed E-state index contributed by atoms with van der Waals surface area (Å²) in [6.45, 7) is 3.32. The number of carbonyl (C=O) groups excluding carboxylic acids is 1. The molecule has 0 spiro atoms. The van der Waals surface area contributed by atoms with Crippen LogP contribution in [0.15, 0.2) is 93.9 Å². The molecule has 0 fully saturated rings. The van der Waals surface area contributed by atoms with Crippen molar-refractivity contribution in [3.05, 3.63) is 95.2 Å². The highest BCUT2D eigenvalue weighted by atomic mass is 79.9. The number of amides is 1. The van der Waals surface area contributed by atoms with Crippen LogP contribution in [0.4, 0.5) is 10.1 Å². The number of nitrogens with zero attached hydrogens (tertiary/aromatic N) is 2. The van der Waals surface area contributed by atoms with Gasteiger partial charge >= 0.3 is 0 Å². The van der Waals surface area contributed by atoms with E-state index in [1.165, 1.54) is 37.6 Å². The molecule has 0 aromatic heterocycles. The molecule has 3 aromatic carbocycles. The molecule has 1 amide bonds. The Balaban J connectivity index is 1.79. The molecule has 0 aliphatic rings. The molecule has 0 atom stereocenters. The molecule has 188 valence electrons. The molecule has 0 saturated heterocycles. The SMILES string of the molecule is C=CCOc1c(Br)cc(/C=N\NC(=O)CN(c2ccc(F)cc2)S(=O)(=O)c2ccccc2)cc1OC. The zero-order valence-electron chi connectivity index (χ0n) is 19.2. The number of hydrazone groups is 1. The maximum atomic E-state index is 13.4. The molecule has 0 heterocycles. The van der Waals surface area contributed by atoms with Crippen LogP contribution in [-0.4, -0.2) is 40.8 Å². The summed E-state index contributed by atoms with van der Waals surface area (Å²) in [5.74, 6) is -0.311. The minimum atomic E-state index is -4.11. The predicted octanol–water partition coefficient (Wildman–Crippen LogP) is 4.51. The molecule has 8 nitrogen and oxygen atoms in total. The Hall–Kier alpha value is -3.70. The third-order valence-corrected chi connectivity index (χ3v) is 7.11. The highest BCUT2D eigenvalue weighted by Crippen LogP contribution is 2.36. The van der Waals surface area contributed by atoms with Crippen LogP contribution in [0.1, 0.15) is 5.56 Å². The van der Waals surface area contributed by atoms with Gasteiger partial charge in [-0.3, -0.25) is 9.10 Å². The van der Waals surface area contributed by atoms with Crippen LogP contribution in [0.5, 0.6) is 11.5 Å². The van der Waals surface area contributed by atoms with Crippen molar-refractivity contribution < 1.29 is 27.1 Å². The van der Waals surface area contributed by atoms with Gasteiger partial charge in [0, 0.05) is 0 Å². The smallest absolute Gasteiger partial charge is 0.264 e. The Morgan fingerprint density at radius 2 is 1.86 bits per heavy atom. The third-order valence-electron chi connectivity index (χ3n) is 4.73. The lowest BCUT2D eigenvalue weighted by molar-refractivity contribution is -0.119. The van der Waals surface area contributed by atoms with Crippen molar-refractivity contribution in [1.29, 1.82) is 0 Å². The fourth-order valence-electron chi connectivity index (χ4n) is 3.08. The first-order valence-corrected chi connectivity index (χ1v) is 12.8. The van der Waals surface area contributed by atoms with Gasteiger partial charge in [-0.15, -0.1) is 0 Å². The minimum absolute atomic E-state index is 0.0127. The molecule has 3 rings (SSSR count). The third kappa shape index (κ3) is 6.70. The van der Waals surface area contributed by atoms with Gasteiger partial charge in [-0.1, -0.05) is 30.9 Å². The highest BCUT2D eigenvalue weighted by molar-refractivity contribution is 9.10. The number of ether oxygens (including phenoxy) is 2. The summed E-state index contributed by atoms with van der Waals surface area (Å²) in [7, 11) is -2.62. The van der Waals surface area contributed by atoms with Crippen molar-refractivity contribution in [2.75, 3.05) is 24.6 Å². The monoisotopic (exact) mass is 575 g/mol. The second kappa shape index (κ2) is 12.3. The van der Waals surface area contributed by atoms with Crippen molar-refractivity contribution in [3.8, 4) is 11.5 Å². The zero-order valence-corrected chi connectivity index (χ0v) is 21.6. The first-order chi connectivity index (χ1) is 17.3. The quantitative estimate of drug-likeness (QED) is 0.206. The molecule has 0 unspecified atom stereocenters. The molecule has 36 heavy (non-hydrogen) atoms. The van der Waals surface area contributed by atoms with Gasteiger partial charge in [-0.05, 0) is 70.0 Å². The van der Waals surface area contributed by atoms with Crippen molar-refractivity contribution in [2.45, 2.75) is 4.90 Å². The van der Waals surface area contributed by atoms with E-state index in [0.717, 1.165) is 16.4 Å². The van der Waals surface area contributed by atoms with E-state index in [1.54, 1.807) is 36.4 Å². The topological polar surface area (TPSA) is 97.3 Å². The van der Waals surface area contributed by atoms with Gasteiger partial charge in [0.15, 0.2) is 11.5 Å². The van der Waals surface area contributed by atoms with E-state index in [-0.39, 0.29) is 17.2 Å². The summed E-state index contributed by atoms with van der Waals surface area (Å²) in [5.41, 5.74) is 3.03. The van der Waals surface area contributed by atoms with Crippen molar-refractivity contribution >= 4 is 43.8 Å². The summed E-state index contributed by atoms with van der Waals surface area (Å²) in [4.78, 5) is 12.6. The van der Waals surface area contributed by atoms with Crippen LogP contribution in [-0.2, 0) is 14.8 Å². The number of sulfonamides is 1. The van der Waals surface area contributed by atoms with Crippen molar-refractivity contribution in [3.63, 3.8) is 0 Å². The van der Waals surface area contributed by atoms with E-state index < -0.39 is 28.3 Å². The van der Waals surface area contributed by atoms with Crippen LogP contribution in [0.2, 0.25) is 0 Å². The van der Waals surface area contributed by atoms with Gasteiger partial charge in [-0.25, -0.2) is 18.2 Å². The Kier molecular flexibility index (Phi) is 9.20. The van der Waals surface area contributed by atoms with Gasteiger partial charge in [-0.2, -0.15) is 5.10 Å². The van der Waals surface area contributed by atoms with Crippen LogP contribution in [0, 0.1) is 5.82 Å². The Labute approximate surface area is 217 Å².